The van der Waals surface area contributed by atoms with Crippen LogP contribution in [0.3, 0.4) is 0 Å². The first-order valence-corrected chi connectivity index (χ1v) is 6.82. The molecule has 0 spiro atoms. The highest BCUT2D eigenvalue weighted by Crippen LogP contribution is 2.26. The molecule has 2 fully saturated rings. The molecule has 2 aliphatic heterocycles. The summed E-state index contributed by atoms with van der Waals surface area (Å²) >= 11 is 0. The number of carboxylic acids is 1. The largest absolute Gasteiger partial charge is 0.480 e. The van der Waals surface area contributed by atoms with E-state index in [2.05, 4.69) is 5.32 Å². The van der Waals surface area contributed by atoms with Crippen LogP contribution in [0.1, 0.15) is 32.6 Å². The van der Waals surface area contributed by atoms with Crippen LogP contribution in [0.15, 0.2) is 0 Å². The lowest BCUT2D eigenvalue weighted by Gasteiger charge is -2.27. The van der Waals surface area contributed by atoms with Crippen molar-refractivity contribution < 1.29 is 14.7 Å². The molecule has 0 aromatic carbocycles. The number of piperidine rings is 1. The van der Waals surface area contributed by atoms with Gasteiger partial charge in [-0.3, -0.25) is 4.79 Å². The Morgan fingerprint density at radius 1 is 1.39 bits per heavy atom. The third kappa shape index (κ3) is 2.83. The number of aliphatic carboxylic acids is 1. The van der Waals surface area contributed by atoms with Gasteiger partial charge in [-0.05, 0) is 44.2 Å². The van der Waals surface area contributed by atoms with Gasteiger partial charge in [-0.1, -0.05) is 6.92 Å². The Balaban J connectivity index is 1.93. The van der Waals surface area contributed by atoms with Gasteiger partial charge in [0.05, 0.1) is 0 Å². The van der Waals surface area contributed by atoms with Crippen molar-refractivity contribution in [1.29, 1.82) is 0 Å². The number of hydrogen-bond donors (Lipinski definition) is 2. The SMILES string of the molecule is CC1CCN(C(=O)CC2CCCNC2)C1C(=O)O. The molecule has 0 radical (unpaired) electrons. The molecule has 0 saturated carbocycles. The molecule has 0 aliphatic carbocycles. The van der Waals surface area contributed by atoms with E-state index >= 15 is 0 Å². The number of carboxylic acid groups (broad SMARTS) is 1. The van der Waals surface area contributed by atoms with Gasteiger partial charge in [-0.2, -0.15) is 0 Å². The molecule has 0 bridgehead atoms. The maximum atomic E-state index is 12.2. The summed E-state index contributed by atoms with van der Waals surface area (Å²) < 4.78 is 0. The van der Waals surface area contributed by atoms with Crippen molar-refractivity contribution in [3.63, 3.8) is 0 Å². The summed E-state index contributed by atoms with van der Waals surface area (Å²) in [6.45, 7) is 4.42. The number of hydrogen-bond acceptors (Lipinski definition) is 3. The average molecular weight is 254 g/mol. The predicted octanol–water partition coefficient (Wildman–Crippen LogP) is 0.698. The number of nitrogens with zero attached hydrogens (tertiary/aromatic N) is 1. The van der Waals surface area contributed by atoms with E-state index in [4.69, 9.17) is 0 Å². The van der Waals surface area contributed by atoms with Gasteiger partial charge >= 0.3 is 5.97 Å². The van der Waals surface area contributed by atoms with Crippen molar-refractivity contribution in [2.75, 3.05) is 19.6 Å². The highest BCUT2D eigenvalue weighted by molar-refractivity contribution is 5.84. The summed E-state index contributed by atoms with van der Waals surface area (Å²) in [4.78, 5) is 25.0. The van der Waals surface area contributed by atoms with E-state index in [1.165, 1.54) is 0 Å². The van der Waals surface area contributed by atoms with E-state index < -0.39 is 12.0 Å². The summed E-state index contributed by atoms with van der Waals surface area (Å²) in [5.74, 6) is -0.414. The third-order valence-corrected chi connectivity index (χ3v) is 4.14. The number of nitrogens with one attached hydrogen (secondary N) is 1. The summed E-state index contributed by atoms with van der Waals surface area (Å²) in [6, 6.07) is -0.617. The number of likely N-dealkylation sites (tertiary alicyclic amines) is 1. The Morgan fingerprint density at radius 2 is 2.17 bits per heavy atom. The summed E-state index contributed by atoms with van der Waals surface area (Å²) in [6.07, 6.45) is 3.46. The highest BCUT2D eigenvalue weighted by Gasteiger charge is 2.39. The van der Waals surface area contributed by atoms with Crippen molar-refractivity contribution in [3.8, 4) is 0 Å². The van der Waals surface area contributed by atoms with Gasteiger partial charge in [0.25, 0.3) is 0 Å². The Morgan fingerprint density at radius 3 is 2.78 bits per heavy atom. The van der Waals surface area contributed by atoms with E-state index in [9.17, 15) is 14.7 Å². The van der Waals surface area contributed by atoms with Gasteiger partial charge in [0, 0.05) is 13.0 Å². The number of rotatable bonds is 3. The smallest absolute Gasteiger partial charge is 0.326 e. The van der Waals surface area contributed by atoms with Crippen LogP contribution < -0.4 is 5.32 Å². The quantitative estimate of drug-likeness (QED) is 0.778. The average Bonchev–Trinajstić information content (AvgIpc) is 2.72. The molecular formula is C13H22N2O3. The lowest BCUT2D eigenvalue weighted by Crippen LogP contribution is -2.44. The van der Waals surface area contributed by atoms with Gasteiger partial charge in [0.15, 0.2) is 0 Å². The van der Waals surface area contributed by atoms with Gasteiger partial charge in [-0.25, -0.2) is 4.79 Å². The second-order valence-corrected chi connectivity index (χ2v) is 5.55. The molecule has 0 aromatic rings. The summed E-state index contributed by atoms with van der Waals surface area (Å²) in [5, 5.41) is 12.5. The first kappa shape index (κ1) is 13.3. The third-order valence-electron chi connectivity index (χ3n) is 4.14. The van der Waals surface area contributed by atoms with E-state index in [-0.39, 0.29) is 11.8 Å². The second kappa shape index (κ2) is 5.69. The molecular weight excluding hydrogens is 232 g/mol. The maximum Gasteiger partial charge on any atom is 0.326 e. The fraction of sp³-hybridized carbons (Fsp3) is 0.846. The topological polar surface area (TPSA) is 69.6 Å². The van der Waals surface area contributed by atoms with Crippen LogP contribution in [-0.4, -0.2) is 47.6 Å². The second-order valence-electron chi connectivity index (χ2n) is 5.55. The Hall–Kier alpha value is -1.10. The molecule has 0 aromatic heterocycles. The lowest BCUT2D eigenvalue weighted by atomic mass is 9.95. The molecule has 2 heterocycles. The highest BCUT2D eigenvalue weighted by atomic mass is 16.4. The van der Waals surface area contributed by atoms with E-state index in [0.29, 0.717) is 18.9 Å². The van der Waals surface area contributed by atoms with E-state index in [0.717, 1.165) is 32.4 Å². The van der Waals surface area contributed by atoms with Crippen LogP contribution in [-0.2, 0) is 9.59 Å². The van der Waals surface area contributed by atoms with E-state index in [1.54, 1.807) is 4.90 Å². The molecule has 2 saturated heterocycles. The van der Waals surface area contributed by atoms with Gasteiger partial charge < -0.3 is 15.3 Å². The van der Waals surface area contributed by atoms with Crippen molar-refractivity contribution in [2.24, 2.45) is 11.8 Å². The predicted molar refractivity (Wildman–Crippen MR) is 67.1 cm³/mol. The zero-order valence-electron chi connectivity index (χ0n) is 10.9. The minimum atomic E-state index is -0.866. The zero-order valence-corrected chi connectivity index (χ0v) is 10.9. The van der Waals surface area contributed by atoms with Crippen LogP contribution in [0.2, 0.25) is 0 Å². The van der Waals surface area contributed by atoms with E-state index in [1.807, 2.05) is 6.92 Å². The zero-order chi connectivity index (χ0) is 13.1. The van der Waals surface area contributed by atoms with Gasteiger partial charge in [-0.15, -0.1) is 0 Å². The fourth-order valence-electron chi connectivity index (χ4n) is 3.07. The number of carbonyl (C=O) groups excluding carboxylic acids is 1. The molecule has 1 amide bonds. The van der Waals surface area contributed by atoms with Crippen LogP contribution in [0.25, 0.3) is 0 Å². The maximum absolute atomic E-state index is 12.2. The van der Waals surface area contributed by atoms with Crippen LogP contribution in [0.4, 0.5) is 0 Å². The Bertz CT molecular complexity index is 326. The molecule has 102 valence electrons. The van der Waals surface area contributed by atoms with Crippen LogP contribution >= 0.6 is 0 Å². The van der Waals surface area contributed by atoms with Crippen molar-refractivity contribution >= 4 is 11.9 Å². The van der Waals surface area contributed by atoms with Crippen molar-refractivity contribution in [1.82, 2.24) is 10.2 Å². The molecule has 2 N–H and O–H groups in total. The minimum absolute atomic E-state index is 0.0143. The van der Waals surface area contributed by atoms with Crippen LogP contribution in [0, 0.1) is 11.8 Å². The molecule has 2 rings (SSSR count). The van der Waals surface area contributed by atoms with Gasteiger partial charge in [0.1, 0.15) is 6.04 Å². The lowest BCUT2D eigenvalue weighted by molar-refractivity contribution is -0.149. The molecule has 5 heteroatoms. The minimum Gasteiger partial charge on any atom is -0.480 e. The van der Waals surface area contributed by atoms with Gasteiger partial charge in [0.2, 0.25) is 5.91 Å². The fourth-order valence-corrected chi connectivity index (χ4v) is 3.07. The van der Waals surface area contributed by atoms with Crippen LogP contribution in [0.5, 0.6) is 0 Å². The molecule has 5 nitrogen and oxygen atoms in total. The molecule has 18 heavy (non-hydrogen) atoms. The summed E-state index contributed by atoms with van der Waals surface area (Å²) in [7, 11) is 0. The van der Waals surface area contributed by atoms with Crippen molar-refractivity contribution in [2.45, 2.75) is 38.6 Å². The molecule has 3 atom stereocenters. The molecule has 2 aliphatic rings. The number of carbonyl (C=O) groups is 2. The first-order valence-electron chi connectivity index (χ1n) is 6.82. The first-order chi connectivity index (χ1) is 8.59. The Labute approximate surface area is 108 Å². The van der Waals surface area contributed by atoms with Crippen molar-refractivity contribution in [3.05, 3.63) is 0 Å². The molecule has 3 unspecified atom stereocenters. The monoisotopic (exact) mass is 254 g/mol. The normalized spacial score (nSPS) is 32.5. The summed E-state index contributed by atoms with van der Waals surface area (Å²) in [5.41, 5.74) is 0. The Kier molecular flexibility index (Phi) is 4.22. The number of amides is 1. The standard InChI is InChI=1S/C13H22N2O3/c1-9-4-6-15(12(9)13(17)18)11(16)7-10-3-2-5-14-8-10/h9-10,12,14H,2-8H2,1H3,(H,17,18).